The van der Waals surface area contributed by atoms with Crippen LogP contribution in [0, 0.1) is 12.8 Å². The average Bonchev–Trinajstić information content (AvgIpc) is 2.48. The molecule has 0 spiro atoms. The molecule has 0 bridgehead atoms. The van der Waals surface area contributed by atoms with E-state index in [9.17, 15) is 0 Å². The Morgan fingerprint density at radius 3 is 2.88 bits per heavy atom. The second kappa shape index (κ2) is 5.33. The Balaban J connectivity index is 2.05. The zero-order chi connectivity index (χ0) is 11.4. The lowest BCUT2D eigenvalue weighted by atomic mass is 9.97. The predicted octanol–water partition coefficient (Wildman–Crippen LogP) is 3.77. The van der Waals surface area contributed by atoms with Gasteiger partial charge in [-0.2, -0.15) is 0 Å². The third-order valence-corrected chi connectivity index (χ3v) is 3.69. The Labute approximate surface area is 98.5 Å². The first-order chi connectivity index (χ1) is 7.77. The highest BCUT2D eigenvalue weighted by molar-refractivity contribution is 5.43. The van der Waals surface area contributed by atoms with Gasteiger partial charge in [-0.3, -0.25) is 0 Å². The number of hydrogen-bond acceptors (Lipinski definition) is 2. The number of anilines is 1. The molecule has 1 saturated carbocycles. The average molecular weight is 218 g/mol. The zero-order valence-electron chi connectivity index (χ0n) is 10.4. The summed E-state index contributed by atoms with van der Waals surface area (Å²) < 4.78 is 0. The predicted molar refractivity (Wildman–Crippen MR) is 68.6 cm³/mol. The standard InChI is InChI=1S/C14H22N2/c1-11-7-4-3-5-9-13(11)16-14-12(2)8-6-10-15-14/h6,8,10-11,13H,3-5,7,9H2,1-2H3,(H,15,16). The number of nitrogens with one attached hydrogen (secondary N) is 1. The highest BCUT2D eigenvalue weighted by Gasteiger charge is 2.20. The Morgan fingerprint density at radius 1 is 1.25 bits per heavy atom. The van der Waals surface area contributed by atoms with Gasteiger partial charge in [0.15, 0.2) is 0 Å². The Bertz CT molecular complexity index is 335. The van der Waals surface area contributed by atoms with E-state index in [4.69, 9.17) is 0 Å². The van der Waals surface area contributed by atoms with E-state index >= 15 is 0 Å². The Morgan fingerprint density at radius 2 is 2.06 bits per heavy atom. The lowest BCUT2D eigenvalue weighted by Crippen LogP contribution is -2.27. The fraction of sp³-hybridized carbons (Fsp3) is 0.643. The number of aryl methyl sites for hydroxylation is 1. The molecule has 0 aromatic carbocycles. The minimum atomic E-state index is 0.608. The summed E-state index contributed by atoms with van der Waals surface area (Å²) in [5.74, 6) is 1.84. The van der Waals surface area contributed by atoms with Crippen LogP contribution in [-0.2, 0) is 0 Å². The lowest BCUT2D eigenvalue weighted by Gasteiger charge is -2.24. The highest BCUT2D eigenvalue weighted by atomic mass is 15.0. The van der Waals surface area contributed by atoms with E-state index in [1.54, 1.807) is 0 Å². The Kier molecular flexibility index (Phi) is 3.81. The molecule has 1 aliphatic carbocycles. The molecule has 0 radical (unpaired) electrons. The quantitative estimate of drug-likeness (QED) is 0.764. The van der Waals surface area contributed by atoms with Gasteiger partial charge in [-0.1, -0.05) is 32.3 Å². The van der Waals surface area contributed by atoms with E-state index in [-0.39, 0.29) is 0 Å². The maximum absolute atomic E-state index is 4.43. The van der Waals surface area contributed by atoms with Crippen LogP contribution < -0.4 is 5.32 Å². The third-order valence-electron chi connectivity index (χ3n) is 3.69. The van der Waals surface area contributed by atoms with Crippen molar-refractivity contribution in [2.75, 3.05) is 5.32 Å². The molecule has 1 fully saturated rings. The van der Waals surface area contributed by atoms with Crippen LogP contribution in [0.25, 0.3) is 0 Å². The van der Waals surface area contributed by atoms with E-state index in [1.807, 2.05) is 12.3 Å². The second-order valence-corrected chi connectivity index (χ2v) is 5.04. The van der Waals surface area contributed by atoms with E-state index in [0.29, 0.717) is 6.04 Å². The molecule has 2 heteroatoms. The first-order valence-electron chi connectivity index (χ1n) is 6.45. The minimum absolute atomic E-state index is 0.608. The van der Waals surface area contributed by atoms with Gasteiger partial charge in [-0.15, -0.1) is 0 Å². The number of aromatic nitrogens is 1. The number of hydrogen-bond donors (Lipinski definition) is 1. The maximum Gasteiger partial charge on any atom is 0.129 e. The van der Waals surface area contributed by atoms with E-state index in [0.717, 1.165) is 11.7 Å². The number of pyridine rings is 1. The van der Waals surface area contributed by atoms with E-state index in [2.05, 4.69) is 30.2 Å². The summed E-state index contributed by atoms with van der Waals surface area (Å²) >= 11 is 0. The SMILES string of the molecule is Cc1cccnc1NC1CCCCCC1C. The second-order valence-electron chi connectivity index (χ2n) is 5.04. The minimum Gasteiger partial charge on any atom is -0.367 e. The molecule has 1 aromatic rings. The fourth-order valence-corrected chi connectivity index (χ4v) is 2.52. The normalized spacial score (nSPS) is 26.1. The summed E-state index contributed by atoms with van der Waals surface area (Å²) in [4.78, 5) is 4.43. The van der Waals surface area contributed by atoms with Crippen molar-refractivity contribution in [3.63, 3.8) is 0 Å². The number of nitrogens with zero attached hydrogens (tertiary/aromatic N) is 1. The molecule has 2 rings (SSSR count). The van der Waals surface area contributed by atoms with Gasteiger partial charge in [0.2, 0.25) is 0 Å². The van der Waals surface area contributed by atoms with Crippen molar-refractivity contribution < 1.29 is 0 Å². The van der Waals surface area contributed by atoms with Crippen LogP contribution in [0.4, 0.5) is 5.82 Å². The van der Waals surface area contributed by atoms with Crippen molar-refractivity contribution in [3.05, 3.63) is 23.9 Å². The van der Waals surface area contributed by atoms with Gasteiger partial charge in [0, 0.05) is 12.2 Å². The molecule has 1 aliphatic rings. The smallest absolute Gasteiger partial charge is 0.129 e. The molecule has 2 nitrogen and oxygen atoms in total. The van der Waals surface area contributed by atoms with Crippen molar-refractivity contribution in [2.24, 2.45) is 5.92 Å². The van der Waals surface area contributed by atoms with Crippen molar-refractivity contribution in [1.29, 1.82) is 0 Å². The van der Waals surface area contributed by atoms with Crippen molar-refractivity contribution in [3.8, 4) is 0 Å². The molecule has 16 heavy (non-hydrogen) atoms. The van der Waals surface area contributed by atoms with E-state index in [1.165, 1.54) is 37.7 Å². The third kappa shape index (κ3) is 2.75. The van der Waals surface area contributed by atoms with Gasteiger partial charge in [-0.25, -0.2) is 4.98 Å². The van der Waals surface area contributed by atoms with Gasteiger partial charge < -0.3 is 5.32 Å². The molecular weight excluding hydrogens is 196 g/mol. The van der Waals surface area contributed by atoms with Gasteiger partial charge in [0.1, 0.15) is 5.82 Å². The topological polar surface area (TPSA) is 24.9 Å². The van der Waals surface area contributed by atoms with Crippen LogP contribution >= 0.6 is 0 Å². The van der Waals surface area contributed by atoms with Crippen LogP contribution in [0.15, 0.2) is 18.3 Å². The van der Waals surface area contributed by atoms with Crippen molar-refractivity contribution in [2.45, 2.75) is 52.0 Å². The van der Waals surface area contributed by atoms with Crippen LogP contribution in [0.3, 0.4) is 0 Å². The molecule has 0 amide bonds. The van der Waals surface area contributed by atoms with Gasteiger partial charge in [0.25, 0.3) is 0 Å². The van der Waals surface area contributed by atoms with Gasteiger partial charge >= 0.3 is 0 Å². The lowest BCUT2D eigenvalue weighted by molar-refractivity contribution is 0.455. The summed E-state index contributed by atoms with van der Waals surface area (Å²) in [5, 5.41) is 3.63. The molecule has 1 heterocycles. The summed E-state index contributed by atoms with van der Waals surface area (Å²) in [7, 11) is 0. The maximum atomic E-state index is 4.43. The summed E-state index contributed by atoms with van der Waals surface area (Å²) in [6.45, 7) is 4.48. The summed E-state index contributed by atoms with van der Waals surface area (Å²) in [6.07, 6.45) is 8.65. The molecular formula is C14H22N2. The fourth-order valence-electron chi connectivity index (χ4n) is 2.52. The molecule has 88 valence electrons. The summed E-state index contributed by atoms with van der Waals surface area (Å²) in [5.41, 5.74) is 1.25. The highest BCUT2D eigenvalue weighted by Crippen LogP contribution is 2.26. The van der Waals surface area contributed by atoms with Crippen LogP contribution in [0.5, 0.6) is 0 Å². The molecule has 1 aromatic heterocycles. The molecule has 2 unspecified atom stereocenters. The first-order valence-corrected chi connectivity index (χ1v) is 6.45. The van der Waals surface area contributed by atoms with Crippen molar-refractivity contribution in [1.82, 2.24) is 4.98 Å². The molecule has 1 N–H and O–H groups in total. The molecule has 2 atom stereocenters. The van der Waals surface area contributed by atoms with E-state index < -0.39 is 0 Å². The Hall–Kier alpha value is -1.05. The first kappa shape index (κ1) is 11.4. The zero-order valence-corrected chi connectivity index (χ0v) is 10.4. The van der Waals surface area contributed by atoms with Crippen LogP contribution in [0.1, 0.15) is 44.6 Å². The number of rotatable bonds is 2. The van der Waals surface area contributed by atoms with Crippen LogP contribution in [0.2, 0.25) is 0 Å². The van der Waals surface area contributed by atoms with Gasteiger partial charge in [0.05, 0.1) is 0 Å². The van der Waals surface area contributed by atoms with Crippen LogP contribution in [-0.4, -0.2) is 11.0 Å². The largest absolute Gasteiger partial charge is 0.367 e. The molecule has 0 aliphatic heterocycles. The van der Waals surface area contributed by atoms with Gasteiger partial charge in [-0.05, 0) is 37.3 Å². The monoisotopic (exact) mass is 218 g/mol. The summed E-state index contributed by atoms with van der Waals surface area (Å²) in [6, 6.07) is 4.73. The molecule has 0 saturated heterocycles. The van der Waals surface area contributed by atoms with Crippen molar-refractivity contribution >= 4 is 5.82 Å².